The molecule has 0 spiro atoms. The van der Waals surface area contributed by atoms with Crippen LogP contribution in [-0.4, -0.2) is 18.1 Å². The third kappa shape index (κ3) is 2.71. The monoisotopic (exact) mass is 273 g/mol. The molecule has 0 N–H and O–H groups in total. The third-order valence-corrected chi connectivity index (χ3v) is 1.91. The summed E-state index contributed by atoms with van der Waals surface area (Å²) in [4.78, 5) is 13.4. The van der Waals surface area contributed by atoms with Crippen molar-refractivity contribution in [3.8, 4) is 0 Å². The Balaban J connectivity index is 3.52. The molecular formula is C9H5F6NO2. The van der Waals surface area contributed by atoms with Gasteiger partial charge in [-0.25, -0.2) is 18.6 Å². The molecular weight excluding hydrogens is 268 g/mol. The second-order valence-electron chi connectivity index (χ2n) is 3.05. The van der Waals surface area contributed by atoms with Gasteiger partial charge in [0.2, 0.25) is 5.95 Å². The van der Waals surface area contributed by atoms with Crippen LogP contribution in [0.15, 0.2) is 6.07 Å². The maximum absolute atomic E-state index is 12.9. The molecule has 0 saturated heterocycles. The van der Waals surface area contributed by atoms with Crippen LogP contribution in [0.2, 0.25) is 0 Å². The highest BCUT2D eigenvalue weighted by molar-refractivity contribution is 5.90. The van der Waals surface area contributed by atoms with Gasteiger partial charge in [0.05, 0.1) is 18.2 Å². The van der Waals surface area contributed by atoms with Gasteiger partial charge >= 0.3 is 12.1 Å². The number of alkyl halides is 5. The Labute approximate surface area is 96.4 Å². The van der Waals surface area contributed by atoms with Crippen molar-refractivity contribution in [2.24, 2.45) is 0 Å². The van der Waals surface area contributed by atoms with E-state index >= 15 is 0 Å². The van der Waals surface area contributed by atoms with E-state index in [1.54, 1.807) is 0 Å². The van der Waals surface area contributed by atoms with Gasteiger partial charge in [-0.15, -0.1) is 0 Å². The van der Waals surface area contributed by atoms with E-state index in [1.165, 1.54) is 0 Å². The molecule has 1 rings (SSSR count). The number of carbonyl (C=O) groups is 1. The van der Waals surface area contributed by atoms with Gasteiger partial charge in [-0.3, -0.25) is 0 Å². The second kappa shape index (κ2) is 4.83. The average Bonchev–Trinajstić information content (AvgIpc) is 2.26. The minimum absolute atomic E-state index is 0.0850. The largest absolute Gasteiger partial charge is 0.465 e. The first-order chi connectivity index (χ1) is 8.18. The van der Waals surface area contributed by atoms with Crippen LogP contribution >= 0.6 is 0 Å². The molecule has 1 aromatic rings. The number of hydrogen-bond donors (Lipinski definition) is 0. The SMILES string of the molecule is COC(=O)c1cc(C(F)F)c(F)nc1C(F)(F)F. The second-order valence-corrected chi connectivity index (χ2v) is 3.05. The predicted octanol–water partition coefficient (Wildman–Crippen LogP) is 2.96. The molecule has 0 atom stereocenters. The molecule has 18 heavy (non-hydrogen) atoms. The lowest BCUT2D eigenvalue weighted by atomic mass is 10.1. The lowest BCUT2D eigenvalue weighted by Crippen LogP contribution is -2.18. The fourth-order valence-corrected chi connectivity index (χ4v) is 1.14. The summed E-state index contributed by atoms with van der Waals surface area (Å²) in [5, 5.41) is 0. The van der Waals surface area contributed by atoms with Gasteiger partial charge in [0.1, 0.15) is 0 Å². The molecule has 0 fully saturated rings. The van der Waals surface area contributed by atoms with Gasteiger partial charge in [0.15, 0.2) is 5.69 Å². The number of ether oxygens (including phenoxy) is 1. The fraction of sp³-hybridized carbons (Fsp3) is 0.333. The molecule has 100 valence electrons. The van der Waals surface area contributed by atoms with E-state index in [1.807, 2.05) is 0 Å². The first kappa shape index (κ1) is 14.3. The molecule has 0 aliphatic rings. The highest BCUT2D eigenvalue weighted by Crippen LogP contribution is 2.33. The van der Waals surface area contributed by atoms with Gasteiger partial charge in [-0.2, -0.15) is 17.6 Å². The van der Waals surface area contributed by atoms with Crippen LogP contribution < -0.4 is 0 Å². The highest BCUT2D eigenvalue weighted by atomic mass is 19.4. The Morgan fingerprint density at radius 1 is 1.39 bits per heavy atom. The molecule has 9 heteroatoms. The van der Waals surface area contributed by atoms with Gasteiger partial charge in [0, 0.05) is 0 Å². The van der Waals surface area contributed by atoms with E-state index in [4.69, 9.17) is 0 Å². The Kier molecular flexibility index (Phi) is 3.82. The van der Waals surface area contributed by atoms with E-state index in [2.05, 4.69) is 9.72 Å². The number of carbonyl (C=O) groups excluding carboxylic acids is 1. The first-order valence-corrected chi connectivity index (χ1v) is 4.32. The van der Waals surface area contributed by atoms with Gasteiger partial charge < -0.3 is 4.74 Å². The van der Waals surface area contributed by atoms with Crippen molar-refractivity contribution < 1.29 is 35.9 Å². The number of halogens is 6. The smallest absolute Gasteiger partial charge is 0.434 e. The summed E-state index contributed by atoms with van der Waals surface area (Å²) < 4.78 is 78.8. The zero-order valence-corrected chi connectivity index (χ0v) is 8.69. The van der Waals surface area contributed by atoms with Crippen LogP contribution in [-0.2, 0) is 10.9 Å². The minimum atomic E-state index is -5.16. The number of aromatic nitrogens is 1. The molecule has 0 saturated carbocycles. The molecule has 0 amide bonds. The summed E-state index contributed by atoms with van der Waals surface area (Å²) in [6.07, 6.45) is -8.56. The van der Waals surface area contributed by atoms with Gasteiger partial charge in [0.25, 0.3) is 6.43 Å². The first-order valence-electron chi connectivity index (χ1n) is 4.32. The Morgan fingerprint density at radius 3 is 2.33 bits per heavy atom. The Morgan fingerprint density at radius 2 is 1.94 bits per heavy atom. The summed E-state index contributed by atoms with van der Waals surface area (Å²) in [7, 11) is 0.758. The van der Waals surface area contributed by atoms with E-state index < -0.39 is 41.3 Å². The molecule has 3 nitrogen and oxygen atoms in total. The highest BCUT2D eigenvalue weighted by Gasteiger charge is 2.39. The number of methoxy groups -OCH3 is 1. The van der Waals surface area contributed by atoms with E-state index in [-0.39, 0.29) is 6.07 Å². The topological polar surface area (TPSA) is 39.2 Å². The van der Waals surface area contributed by atoms with E-state index in [0.717, 1.165) is 7.11 Å². The van der Waals surface area contributed by atoms with Crippen molar-refractivity contribution in [3.05, 3.63) is 28.8 Å². The fourth-order valence-electron chi connectivity index (χ4n) is 1.14. The van der Waals surface area contributed by atoms with E-state index in [9.17, 15) is 31.1 Å². The van der Waals surface area contributed by atoms with Crippen molar-refractivity contribution >= 4 is 5.97 Å². The van der Waals surface area contributed by atoms with Crippen molar-refractivity contribution in [2.45, 2.75) is 12.6 Å². The zero-order valence-electron chi connectivity index (χ0n) is 8.69. The molecule has 1 heterocycles. The molecule has 0 bridgehead atoms. The Hall–Kier alpha value is -1.80. The summed E-state index contributed by atoms with van der Waals surface area (Å²) >= 11 is 0. The summed E-state index contributed by atoms with van der Waals surface area (Å²) in [6.45, 7) is 0. The summed E-state index contributed by atoms with van der Waals surface area (Å²) in [6, 6.07) is 0.0850. The van der Waals surface area contributed by atoms with Crippen LogP contribution in [0.5, 0.6) is 0 Å². The predicted molar refractivity (Wildman–Crippen MR) is 45.5 cm³/mol. The molecule has 0 aliphatic heterocycles. The van der Waals surface area contributed by atoms with Gasteiger partial charge in [-0.05, 0) is 6.07 Å². The molecule has 1 aromatic heterocycles. The average molecular weight is 273 g/mol. The minimum Gasteiger partial charge on any atom is -0.465 e. The van der Waals surface area contributed by atoms with Crippen molar-refractivity contribution in [2.75, 3.05) is 7.11 Å². The number of rotatable bonds is 2. The van der Waals surface area contributed by atoms with Crippen molar-refractivity contribution in [1.29, 1.82) is 0 Å². The number of hydrogen-bond acceptors (Lipinski definition) is 3. The molecule has 0 aromatic carbocycles. The van der Waals surface area contributed by atoms with Crippen molar-refractivity contribution in [1.82, 2.24) is 4.98 Å². The lowest BCUT2D eigenvalue weighted by Gasteiger charge is -2.12. The lowest BCUT2D eigenvalue weighted by molar-refractivity contribution is -0.142. The van der Waals surface area contributed by atoms with Crippen LogP contribution in [0.1, 0.15) is 28.0 Å². The normalized spacial score (nSPS) is 11.8. The summed E-state index contributed by atoms with van der Waals surface area (Å²) in [5.74, 6) is -3.51. The zero-order chi connectivity index (χ0) is 14.1. The molecule has 0 unspecified atom stereocenters. The maximum Gasteiger partial charge on any atom is 0.434 e. The standard InChI is InChI=1S/C9H5F6NO2/c1-18-8(17)3-2-4(6(10)11)7(12)16-5(3)9(13,14)15/h2,6H,1H3. The maximum atomic E-state index is 12.9. The van der Waals surface area contributed by atoms with Crippen LogP contribution in [0.25, 0.3) is 0 Å². The van der Waals surface area contributed by atoms with Crippen LogP contribution in [0.4, 0.5) is 26.3 Å². The Bertz CT molecular complexity index is 471. The number of esters is 1. The number of nitrogens with zero attached hydrogens (tertiary/aromatic N) is 1. The number of pyridine rings is 1. The summed E-state index contributed by atoms with van der Waals surface area (Å²) in [5.41, 5.74) is -4.57. The third-order valence-electron chi connectivity index (χ3n) is 1.91. The van der Waals surface area contributed by atoms with Crippen LogP contribution in [0.3, 0.4) is 0 Å². The quantitative estimate of drug-likeness (QED) is 0.472. The van der Waals surface area contributed by atoms with Crippen LogP contribution in [0, 0.1) is 5.95 Å². The van der Waals surface area contributed by atoms with Gasteiger partial charge in [-0.1, -0.05) is 0 Å². The molecule has 0 aliphatic carbocycles. The van der Waals surface area contributed by atoms with Crippen molar-refractivity contribution in [3.63, 3.8) is 0 Å². The van der Waals surface area contributed by atoms with E-state index in [0.29, 0.717) is 0 Å². The molecule has 0 radical (unpaired) electrons.